The van der Waals surface area contributed by atoms with Crippen LogP contribution in [0, 0.1) is 5.41 Å². The van der Waals surface area contributed by atoms with Gasteiger partial charge in [0.2, 0.25) is 0 Å². The van der Waals surface area contributed by atoms with E-state index in [1.807, 2.05) is 31.5 Å². The number of hydrogen-bond acceptors (Lipinski definition) is 5. The maximum atomic E-state index is 12.2. The molecule has 0 aromatic carbocycles. The molecular formula is C15H20O4S. The van der Waals surface area contributed by atoms with Crippen LogP contribution in [0.4, 0.5) is 0 Å². The van der Waals surface area contributed by atoms with Crippen molar-refractivity contribution in [2.45, 2.75) is 45.6 Å². The summed E-state index contributed by atoms with van der Waals surface area (Å²) < 4.78 is 10.3. The first kappa shape index (κ1) is 15.0. The molecule has 0 radical (unpaired) electrons. The maximum absolute atomic E-state index is 12.2. The van der Waals surface area contributed by atoms with Crippen LogP contribution in [0.1, 0.15) is 38.3 Å². The van der Waals surface area contributed by atoms with Crippen molar-refractivity contribution in [3.63, 3.8) is 0 Å². The van der Waals surface area contributed by atoms with Crippen LogP contribution in [0.5, 0.6) is 0 Å². The van der Waals surface area contributed by atoms with Gasteiger partial charge in [0.1, 0.15) is 5.60 Å². The molecule has 0 bridgehead atoms. The minimum atomic E-state index is -0.796. The van der Waals surface area contributed by atoms with E-state index in [4.69, 9.17) is 9.47 Å². The SMILES string of the molecule is COC(=O)C1(CC(=O)OC(C)(C)C)Cc2cscc2C1. The minimum Gasteiger partial charge on any atom is -0.469 e. The van der Waals surface area contributed by atoms with Crippen LogP contribution in [-0.2, 0) is 31.9 Å². The fraction of sp³-hybridized carbons (Fsp3) is 0.600. The summed E-state index contributed by atoms with van der Waals surface area (Å²) >= 11 is 1.62. The van der Waals surface area contributed by atoms with Gasteiger partial charge in [0, 0.05) is 0 Å². The molecule has 5 heteroatoms. The van der Waals surface area contributed by atoms with Gasteiger partial charge in [0.15, 0.2) is 0 Å². The van der Waals surface area contributed by atoms with E-state index in [0.29, 0.717) is 12.8 Å². The molecule has 1 aromatic heterocycles. The molecule has 0 atom stereocenters. The van der Waals surface area contributed by atoms with Gasteiger partial charge in [-0.3, -0.25) is 9.59 Å². The summed E-state index contributed by atoms with van der Waals surface area (Å²) in [6, 6.07) is 0. The van der Waals surface area contributed by atoms with Crippen molar-refractivity contribution < 1.29 is 19.1 Å². The molecule has 0 saturated carbocycles. The first-order chi connectivity index (χ1) is 9.26. The highest BCUT2D eigenvalue weighted by atomic mass is 32.1. The molecule has 1 aliphatic carbocycles. The van der Waals surface area contributed by atoms with Crippen LogP contribution >= 0.6 is 11.3 Å². The third-order valence-corrected chi connectivity index (χ3v) is 4.25. The zero-order valence-electron chi connectivity index (χ0n) is 12.3. The number of methoxy groups -OCH3 is 1. The molecule has 0 amide bonds. The van der Waals surface area contributed by atoms with Crippen molar-refractivity contribution in [3.05, 3.63) is 21.9 Å². The van der Waals surface area contributed by atoms with E-state index < -0.39 is 11.0 Å². The zero-order chi connectivity index (χ0) is 15.0. The quantitative estimate of drug-likeness (QED) is 0.805. The monoisotopic (exact) mass is 296 g/mol. The number of rotatable bonds is 3. The van der Waals surface area contributed by atoms with Gasteiger partial charge < -0.3 is 9.47 Å². The fourth-order valence-electron chi connectivity index (χ4n) is 2.66. The molecule has 1 aromatic rings. The number of hydrogen-bond donors (Lipinski definition) is 0. The number of ether oxygens (including phenoxy) is 2. The average Bonchev–Trinajstić information content (AvgIpc) is 2.84. The Labute approximate surface area is 123 Å². The lowest BCUT2D eigenvalue weighted by atomic mass is 9.81. The summed E-state index contributed by atoms with van der Waals surface area (Å²) in [4.78, 5) is 24.3. The number of esters is 2. The molecule has 0 fully saturated rings. The van der Waals surface area contributed by atoms with E-state index in [1.54, 1.807) is 11.3 Å². The van der Waals surface area contributed by atoms with E-state index in [9.17, 15) is 9.59 Å². The second-order valence-corrected chi connectivity index (χ2v) is 7.05. The first-order valence-electron chi connectivity index (χ1n) is 6.60. The van der Waals surface area contributed by atoms with Gasteiger partial charge in [-0.1, -0.05) is 0 Å². The second-order valence-electron chi connectivity index (χ2n) is 6.31. The predicted octanol–water partition coefficient (Wildman–Crippen LogP) is 2.74. The van der Waals surface area contributed by atoms with Crippen LogP contribution in [0.2, 0.25) is 0 Å². The summed E-state index contributed by atoms with van der Waals surface area (Å²) in [6.45, 7) is 5.46. The maximum Gasteiger partial charge on any atom is 0.313 e. The molecule has 1 aliphatic rings. The topological polar surface area (TPSA) is 52.6 Å². The lowest BCUT2D eigenvalue weighted by molar-refractivity contribution is -0.166. The van der Waals surface area contributed by atoms with Gasteiger partial charge in [-0.05, 0) is 55.5 Å². The van der Waals surface area contributed by atoms with Crippen LogP contribution in [0.3, 0.4) is 0 Å². The number of thiophene rings is 1. The van der Waals surface area contributed by atoms with E-state index in [1.165, 1.54) is 7.11 Å². The molecule has 20 heavy (non-hydrogen) atoms. The number of fused-ring (bicyclic) bond motifs is 1. The minimum absolute atomic E-state index is 0.0658. The standard InChI is InChI=1S/C15H20O4S/c1-14(2,3)19-12(16)7-15(13(17)18-4)5-10-8-20-9-11(10)6-15/h8-9H,5-7H2,1-4H3. The van der Waals surface area contributed by atoms with Crippen LogP contribution in [0.15, 0.2) is 10.8 Å². The molecule has 2 rings (SSSR count). The summed E-state index contributed by atoms with van der Waals surface area (Å²) in [5.41, 5.74) is 0.945. The number of carbonyl (C=O) groups excluding carboxylic acids is 2. The van der Waals surface area contributed by atoms with Crippen molar-refractivity contribution in [1.82, 2.24) is 0 Å². The van der Waals surface area contributed by atoms with Crippen LogP contribution in [-0.4, -0.2) is 24.6 Å². The van der Waals surface area contributed by atoms with E-state index in [2.05, 4.69) is 0 Å². The number of carbonyl (C=O) groups is 2. The van der Waals surface area contributed by atoms with E-state index in [-0.39, 0.29) is 18.4 Å². The molecule has 0 spiro atoms. The highest BCUT2D eigenvalue weighted by Crippen LogP contribution is 2.42. The van der Waals surface area contributed by atoms with E-state index in [0.717, 1.165) is 11.1 Å². The lowest BCUT2D eigenvalue weighted by Gasteiger charge is -2.27. The zero-order valence-corrected chi connectivity index (χ0v) is 13.1. The van der Waals surface area contributed by atoms with Gasteiger partial charge in [0.25, 0.3) is 0 Å². The fourth-order valence-corrected chi connectivity index (χ4v) is 3.53. The van der Waals surface area contributed by atoms with Gasteiger partial charge in [-0.25, -0.2) is 0 Å². The van der Waals surface area contributed by atoms with Gasteiger partial charge in [-0.2, -0.15) is 11.3 Å². The van der Waals surface area contributed by atoms with Crippen molar-refractivity contribution in [2.24, 2.45) is 5.41 Å². The molecule has 4 nitrogen and oxygen atoms in total. The molecule has 0 N–H and O–H groups in total. The van der Waals surface area contributed by atoms with Crippen molar-refractivity contribution in [1.29, 1.82) is 0 Å². The molecule has 0 saturated heterocycles. The molecule has 1 heterocycles. The Hall–Kier alpha value is -1.36. The van der Waals surface area contributed by atoms with Gasteiger partial charge in [-0.15, -0.1) is 0 Å². The Morgan fingerprint density at radius 1 is 1.25 bits per heavy atom. The second kappa shape index (κ2) is 5.20. The van der Waals surface area contributed by atoms with Crippen molar-refractivity contribution in [2.75, 3.05) is 7.11 Å². The Bertz CT molecular complexity index is 504. The normalized spacial score (nSPS) is 16.6. The summed E-state index contributed by atoms with van der Waals surface area (Å²) in [6.07, 6.45) is 1.17. The average molecular weight is 296 g/mol. The van der Waals surface area contributed by atoms with Crippen LogP contribution < -0.4 is 0 Å². The third kappa shape index (κ3) is 3.03. The van der Waals surface area contributed by atoms with Crippen molar-refractivity contribution >= 4 is 23.3 Å². The third-order valence-electron chi connectivity index (χ3n) is 3.41. The largest absolute Gasteiger partial charge is 0.469 e. The molecule has 0 aliphatic heterocycles. The Morgan fingerprint density at radius 2 is 1.80 bits per heavy atom. The highest BCUT2D eigenvalue weighted by molar-refractivity contribution is 7.08. The molecule has 110 valence electrons. The Balaban J connectivity index is 2.16. The predicted molar refractivity (Wildman–Crippen MR) is 76.6 cm³/mol. The highest BCUT2D eigenvalue weighted by Gasteiger charge is 2.47. The van der Waals surface area contributed by atoms with Crippen LogP contribution in [0.25, 0.3) is 0 Å². The van der Waals surface area contributed by atoms with Crippen molar-refractivity contribution in [3.8, 4) is 0 Å². The summed E-state index contributed by atoms with van der Waals surface area (Å²) in [5, 5.41) is 4.07. The lowest BCUT2D eigenvalue weighted by Crippen LogP contribution is -2.37. The molecule has 0 unspecified atom stereocenters. The summed E-state index contributed by atoms with van der Waals surface area (Å²) in [5.74, 6) is -0.679. The summed E-state index contributed by atoms with van der Waals surface area (Å²) in [7, 11) is 1.37. The van der Waals surface area contributed by atoms with E-state index >= 15 is 0 Å². The Kier molecular flexibility index (Phi) is 3.91. The first-order valence-corrected chi connectivity index (χ1v) is 7.54. The molecular weight excluding hydrogens is 276 g/mol. The smallest absolute Gasteiger partial charge is 0.313 e. The van der Waals surface area contributed by atoms with Gasteiger partial charge >= 0.3 is 11.9 Å². The van der Waals surface area contributed by atoms with Gasteiger partial charge in [0.05, 0.1) is 18.9 Å². The Morgan fingerprint density at radius 3 is 2.25 bits per heavy atom.